The van der Waals surface area contributed by atoms with Gasteiger partial charge in [-0.2, -0.15) is 4.99 Å². The molecule has 6 heteroatoms. The first-order valence-corrected chi connectivity index (χ1v) is 5.56. The van der Waals surface area contributed by atoms with Gasteiger partial charge in [0, 0.05) is 4.90 Å². The van der Waals surface area contributed by atoms with E-state index >= 15 is 0 Å². The molecule has 1 rings (SSSR count). The predicted molar refractivity (Wildman–Crippen MR) is 55.8 cm³/mol. The van der Waals surface area contributed by atoms with Crippen LogP contribution in [0.25, 0.3) is 0 Å². The van der Waals surface area contributed by atoms with Crippen LogP contribution >= 0.6 is 21.8 Å². The summed E-state index contributed by atoms with van der Waals surface area (Å²) < 4.78 is 3.31. The van der Waals surface area contributed by atoms with Crippen molar-refractivity contribution in [1.29, 1.82) is 0 Å². The van der Waals surface area contributed by atoms with Crippen molar-refractivity contribution in [2.24, 2.45) is 9.39 Å². The highest BCUT2D eigenvalue weighted by molar-refractivity contribution is 8.76. The third-order valence-corrected chi connectivity index (χ3v) is 2.93. The van der Waals surface area contributed by atoms with E-state index in [4.69, 9.17) is 0 Å². The first-order valence-electron chi connectivity index (χ1n) is 3.45. The van der Waals surface area contributed by atoms with Crippen LogP contribution in [0.5, 0.6) is 0 Å². The Labute approximate surface area is 88.1 Å². The van der Waals surface area contributed by atoms with Gasteiger partial charge in [0.1, 0.15) is 0 Å². The van der Waals surface area contributed by atoms with E-state index in [1.165, 1.54) is 23.0 Å². The van der Waals surface area contributed by atoms with Crippen LogP contribution in [-0.4, -0.2) is 12.2 Å². The lowest BCUT2D eigenvalue weighted by molar-refractivity contribution is 0.565. The summed E-state index contributed by atoms with van der Waals surface area (Å²) in [5.74, 6) is 0. The summed E-state index contributed by atoms with van der Waals surface area (Å²) in [6.45, 7) is 0. The van der Waals surface area contributed by atoms with E-state index in [2.05, 4.69) is 9.39 Å². The highest BCUT2D eigenvalue weighted by Crippen LogP contribution is 2.32. The topological polar surface area (TPSA) is 58.9 Å². The first-order chi connectivity index (χ1) is 6.86. The molecule has 0 fully saturated rings. The summed E-state index contributed by atoms with van der Waals surface area (Å²) >= 11 is 0. The second kappa shape index (κ2) is 6.18. The molecule has 0 saturated carbocycles. The van der Waals surface area contributed by atoms with Crippen LogP contribution in [-0.2, 0) is 9.59 Å². The van der Waals surface area contributed by atoms with E-state index in [1.54, 1.807) is 24.3 Å². The number of nitrogens with zero attached hydrogens (tertiary/aromatic N) is 2. The van der Waals surface area contributed by atoms with Crippen molar-refractivity contribution in [3.05, 3.63) is 24.3 Å². The van der Waals surface area contributed by atoms with Crippen LogP contribution in [0, 0.1) is 0 Å². The molecule has 0 aliphatic carbocycles. The molecule has 70 valence electrons. The maximum atomic E-state index is 9.91. The van der Waals surface area contributed by atoms with Gasteiger partial charge in [0.15, 0.2) is 0 Å². The maximum absolute atomic E-state index is 9.91. The summed E-state index contributed by atoms with van der Waals surface area (Å²) in [7, 11) is 2.35. The number of aliphatic imine (C=N–C) groups is 1. The molecule has 0 amide bonds. The molecule has 0 aliphatic rings. The monoisotopic (exact) mass is 224 g/mol. The van der Waals surface area contributed by atoms with Crippen molar-refractivity contribution in [1.82, 2.24) is 0 Å². The quantitative estimate of drug-likeness (QED) is 0.341. The van der Waals surface area contributed by atoms with E-state index in [-0.39, 0.29) is 0 Å². The average molecular weight is 224 g/mol. The summed E-state index contributed by atoms with van der Waals surface area (Å²) in [5.41, 5.74) is 0.549. The highest BCUT2D eigenvalue weighted by atomic mass is 33.1. The summed E-state index contributed by atoms with van der Waals surface area (Å²) in [6, 6.07) is 6.90. The fourth-order valence-electron chi connectivity index (χ4n) is 0.706. The molecule has 0 aromatic heterocycles. The van der Waals surface area contributed by atoms with Gasteiger partial charge >= 0.3 is 0 Å². The largest absolute Gasteiger partial charge is 0.248 e. The van der Waals surface area contributed by atoms with Gasteiger partial charge in [-0.3, -0.25) is 0 Å². The summed E-state index contributed by atoms with van der Waals surface area (Å²) in [6.07, 6.45) is 2.87. The van der Waals surface area contributed by atoms with Gasteiger partial charge in [0.05, 0.1) is 16.7 Å². The molecule has 0 aliphatic heterocycles. The van der Waals surface area contributed by atoms with Crippen LogP contribution < -0.4 is 0 Å². The number of benzene rings is 1. The minimum Gasteiger partial charge on any atom is -0.211 e. The number of carbonyl (C=O) groups excluding carboxylic acids is 2. The molecular weight excluding hydrogens is 220 g/mol. The van der Waals surface area contributed by atoms with Gasteiger partial charge in [-0.15, -0.1) is 4.40 Å². The van der Waals surface area contributed by atoms with Crippen molar-refractivity contribution >= 4 is 39.6 Å². The number of hydrogen-bond acceptors (Lipinski definition) is 6. The van der Waals surface area contributed by atoms with Gasteiger partial charge in [-0.25, -0.2) is 9.59 Å². The SMILES string of the molecule is O=C=NSSc1ccc(N=C=O)cc1. The third kappa shape index (κ3) is 3.60. The van der Waals surface area contributed by atoms with Crippen molar-refractivity contribution in [3.63, 3.8) is 0 Å². The zero-order valence-electron chi connectivity index (χ0n) is 6.84. The minimum atomic E-state index is 0.549. The molecule has 4 nitrogen and oxygen atoms in total. The Kier molecular flexibility index (Phi) is 4.75. The Morgan fingerprint density at radius 2 is 1.79 bits per heavy atom. The van der Waals surface area contributed by atoms with E-state index in [0.717, 1.165) is 15.9 Å². The average Bonchev–Trinajstić information content (AvgIpc) is 2.21. The molecule has 0 atom stereocenters. The Hall–Kier alpha value is -1.32. The second-order valence-corrected chi connectivity index (χ2v) is 3.95. The zero-order valence-corrected chi connectivity index (χ0v) is 8.47. The molecule has 1 aromatic carbocycles. The van der Waals surface area contributed by atoms with Gasteiger partial charge in [0.25, 0.3) is 0 Å². The van der Waals surface area contributed by atoms with Gasteiger partial charge in [-0.1, -0.05) is 0 Å². The fraction of sp³-hybridized carbons (Fsp3) is 0. The molecular formula is C8H4N2O2S2. The van der Waals surface area contributed by atoms with Gasteiger partial charge in [0.2, 0.25) is 12.2 Å². The molecule has 0 saturated heterocycles. The van der Waals surface area contributed by atoms with Crippen molar-refractivity contribution in [2.45, 2.75) is 4.90 Å². The van der Waals surface area contributed by atoms with Crippen LogP contribution in [0.1, 0.15) is 0 Å². The predicted octanol–water partition coefficient (Wildman–Crippen LogP) is 2.65. The highest BCUT2D eigenvalue weighted by Gasteiger charge is 1.94. The molecule has 0 radical (unpaired) electrons. The van der Waals surface area contributed by atoms with Gasteiger partial charge in [-0.05, 0) is 35.1 Å². The smallest absolute Gasteiger partial charge is 0.211 e. The van der Waals surface area contributed by atoms with Gasteiger partial charge < -0.3 is 0 Å². The Bertz CT molecular complexity index is 392. The van der Waals surface area contributed by atoms with Crippen molar-refractivity contribution < 1.29 is 9.59 Å². The number of rotatable bonds is 4. The lowest BCUT2D eigenvalue weighted by atomic mass is 10.3. The fourth-order valence-corrected chi connectivity index (χ4v) is 1.90. The zero-order chi connectivity index (χ0) is 10.2. The molecule has 0 heterocycles. The summed E-state index contributed by atoms with van der Waals surface area (Å²) in [4.78, 5) is 24.0. The standard InChI is InChI=1S/C8H4N2O2S2/c11-5-9-7-1-3-8(4-2-7)13-14-10-6-12/h1-4H. The van der Waals surface area contributed by atoms with Crippen molar-refractivity contribution in [3.8, 4) is 0 Å². The number of isocyanates is 2. The van der Waals surface area contributed by atoms with E-state index in [1.807, 2.05) is 0 Å². The van der Waals surface area contributed by atoms with Crippen LogP contribution in [0.4, 0.5) is 5.69 Å². The van der Waals surface area contributed by atoms with E-state index in [0.29, 0.717) is 5.69 Å². The first kappa shape index (κ1) is 10.8. The van der Waals surface area contributed by atoms with Crippen molar-refractivity contribution in [2.75, 3.05) is 0 Å². The number of hydrogen-bond donors (Lipinski definition) is 0. The maximum Gasteiger partial charge on any atom is 0.248 e. The van der Waals surface area contributed by atoms with E-state index < -0.39 is 0 Å². The molecule has 1 aromatic rings. The Morgan fingerprint density at radius 1 is 1.07 bits per heavy atom. The molecule has 0 unspecified atom stereocenters. The minimum absolute atomic E-state index is 0.549. The lowest BCUT2D eigenvalue weighted by Crippen LogP contribution is -1.66. The molecule has 0 bridgehead atoms. The third-order valence-electron chi connectivity index (χ3n) is 1.22. The van der Waals surface area contributed by atoms with E-state index in [9.17, 15) is 9.59 Å². The molecule has 0 N–H and O–H groups in total. The Morgan fingerprint density at radius 3 is 2.36 bits per heavy atom. The molecule has 0 spiro atoms. The normalized spacial score (nSPS) is 8.57. The van der Waals surface area contributed by atoms with Crippen LogP contribution in [0.3, 0.4) is 0 Å². The summed E-state index contributed by atoms with van der Waals surface area (Å²) in [5, 5.41) is 0. The second-order valence-electron chi connectivity index (χ2n) is 2.04. The lowest BCUT2D eigenvalue weighted by Gasteiger charge is -1.95. The molecule has 14 heavy (non-hydrogen) atoms. The van der Waals surface area contributed by atoms with Crippen LogP contribution in [0.2, 0.25) is 0 Å². The van der Waals surface area contributed by atoms with Crippen LogP contribution in [0.15, 0.2) is 38.6 Å². The Balaban J connectivity index is 2.63.